The Balaban J connectivity index is 1.95. The maximum Gasteiger partial charge on any atom is 0.410 e. The van der Waals surface area contributed by atoms with Gasteiger partial charge >= 0.3 is 6.09 Å². The van der Waals surface area contributed by atoms with Crippen LogP contribution >= 0.6 is 0 Å². The van der Waals surface area contributed by atoms with Crippen molar-refractivity contribution >= 4 is 17.7 Å². The highest BCUT2D eigenvalue weighted by atomic mass is 16.6. The Morgan fingerprint density at radius 3 is 2.78 bits per heavy atom. The maximum absolute atomic E-state index is 12.4. The summed E-state index contributed by atoms with van der Waals surface area (Å²) in [5, 5.41) is 2.90. The minimum atomic E-state index is -0.527. The number of anilines is 1. The van der Waals surface area contributed by atoms with Gasteiger partial charge in [0.1, 0.15) is 5.60 Å². The van der Waals surface area contributed by atoms with E-state index in [2.05, 4.69) is 10.3 Å². The summed E-state index contributed by atoms with van der Waals surface area (Å²) in [5.74, 6) is -0.284. The summed E-state index contributed by atoms with van der Waals surface area (Å²) in [6.45, 7) is 8.42. The molecule has 1 fully saturated rings. The van der Waals surface area contributed by atoms with Crippen LogP contribution in [0.3, 0.4) is 0 Å². The minimum Gasteiger partial charge on any atom is -0.444 e. The van der Waals surface area contributed by atoms with Crippen molar-refractivity contribution in [1.82, 2.24) is 9.88 Å². The van der Waals surface area contributed by atoms with Crippen molar-refractivity contribution < 1.29 is 14.3 Å². The number of hydrogen-bond donors (Lipinski definition) is 1. The van der Waals surface area contributed by atoms with E-state index in [0.29, 0.717) is 13.1 Å². The number of amides is 2. The van der Waals surface area contributed by atoms with E-state index in [1.54, 1.807) is 17.2 Å². The summed E-state index contributed by atoms with van der Waals surface area (Å²) >= 11 is 0. The predicted molar refractivity (Wildman–Crippen MR) is 88.1 cm³/mol. The fraction of sp³-hybridized carbons (Fsp3) is 0.588. The molecular weight excluding hydrogens is 294 g/mol. The number of nitrogens with zero attached hydrogens (tertiary/aromatic N) is 2. The van der Waals surface area contributed by atoms with Crippen molar-refractivity contribution in [2.24, 2.45) is 5.92 Å². The first-order valence-electron chi connectivity index (χ1n) is 7.96. The van der Waals surface area contributed by atoms with Gasteiger partial charge in [-0.3, -0.25) is 9.78 Å². The number of aromatic nitrogens is 1. The number of ether oxygens (including phenoxy) is 1. The molecule has 1 aromatic rings. The Hall–Kier alpha value is -2.11. The molecule has 1 aliphatic heterocycles. The van der Waals surface area contributed by atoms with Crippen LogP contribution in [0.4, 0.5) is 10.5 Å². The van der Waals surface area contributed by atoms with E-state index >= 15 is 0 Å². The molecule has 0 bridgehead atoms. The third kappa shape index (κ3) is 5.23. The van der Waals surface area contributed by atoms with Gasteiger partial charge in [-0.1, -0.05) is 0 Å². The van der Waals surface area contributed by atoms with Gasteiger partial charge in [-0.2, -0.15) is 0 Å². The summed E-state index contributed by atoms with van der Waals surface area (Å²) in [6.07, 6.45) is 2.88. The Kier molecular flexibility index (Phi) is 5.23. The van der Waals surface area contributed by atoms with E-state index < -0.39 is 5.60 Å². The highest BCUT2D eigenvalue weighted by Crippen LogP contribution is 2.21. The van der Waals surface area contributed by atoms with Crippen LogP contribution in [0.5, 0.6) is 0 Å². The first-order chi connectivity index (χ1) is 10.7. The lowest BCUT2D eigenvalue weighted by Gasteiger charge is -2.33. The SMILES string of the molecule is Cc1cc(NC(=O)C2CCCN(C(=O)OC(C)(C)C)C2)ccn1. The number of rotatable bonds is 2. The largest absolute Gasteiger partial charge is 0.444 e. The molecule has 23 heavy (non-hydrogen) atoms. The quantitative estimate of drug-likeness (QED) is 0.909. The summed E-state index contributed by atoms with van der Waals surface area (Å²) < 4.78 is 5.39. The molecule has 0 aliphatic carbocycles. The van der Waals surface area contributed by atoms with E-state index in [0.717, 1.165) is 24.2 Å². The lowest BCUT2D eigenvalue weighted by Crippen LogP contribution is -2.45. The second-order valence-corrected chi connectivity index (χ2v) is 6.94. The fourth-order valence-corrected chi connectivity index (χ4v) is 2.55. The monoisotopic (exact) mass is 319 g/mol. The smallest absolute Gasteiger partial charge is 0.410 e. The van der Waals surface area contributed by atoms with Gasteiger partial charge in [0.05, 0.1) is 5.92 Å². The average molecular weight is 319 g/mol. The van der Waals surface area contributed by atoms with Gasteiger partial charge in [-0.15, -0.1) is 0 Å². The molecule has 1 aliphatic rings. The first kappa shape index (κ1) is 17.2. The Bertz CT molecular complexity index is 581. The second kappa shape index (κ2) is 6.98. The predicted octanol–water partition coefficient (Wildman–Crippen LogP) is 2.98. The van der Waals surface area contributed by atoms with Gasteiger partial charge in [0.25, 0.3) is 0 Å². The Morgan fingerprint density at radius 1 is 1.39 bits per heavy atom. The lowest BCUT2D eigenvalue weighted by atomic mass is 9.97. The highest BCUT2D eigenvalue weighted by Gasteiger charge is 2.31. The van der Waals surface area contributed by atoms with Crippen molar-refractivity contribution in [3.8, 4) is 0 Å². The van der Waals surface area contributed by atoms with Crippen LogP contribution in [0.25, 0.3) is 0 Å². The molecule has 0 radical (unpaired) electrons. The standard InChI is InChI=1S/C17H25N3O3/c1-12-10-14(7-8-18-12)19-15(21)13-6-5-9-20(11-13)16(22)23-17(2,3)4/h7-8,10,13H,5-6,9,11H2,1-4H3,(H,18,19,21). The molecule has 6 heteroatoms. The Labute approximate surface area is 137 Å². The van der Waals surface area contributed by atoms with Crippen LogP contribution in [-0.2, 0) is 9.53 Å². The molecular formula is C17H25N3O3. The van der Waals surface area contributed by atoms with E-state index in [9.17, 15) is 9.59 Å². The maximum atomic E-state index is 12.4. The number of piperidine rings is 1. The first-order valence-corrected chi connectivity index (χ1v) is 7.96. The number of carbonyl (C=O) groups is 2. The van der Waals surface area contributed by atoms with Crippen molar-refractivity contribution in [2.75, 3.05) is 18.4 Å². The zero-order valence-corrected chi connectivity index (χ0v) is 14.3. The van der Waals surface area contributed by atoms with Gasteiger partial charge in [0.2, 0.25) is 5.91 Å². The number of aryl methyl sites for hydroxylation is 1. The normalized spacial score (nSPS) is 18.4. The van der Waals surface area contributed by atoms with E-state index in [1.165, 1.54) is 0 Å². The zero-order valence-electron chi connectivity index (χ0n) is 14.3. The number of pyridine rings is 1. The highest BCUT2D eigenvalue weighted by molar-refractivity contribution is 5.93. The fourth-order valence-electron chi connectivity index (χ4n) is 2.55. The van der Waals surface area contributed by atoms with Crippen molar-refractivity contribution in [1.29, 1.82) is 0 Å². The van der Waals surface area contributed by atoms with Crippen LogP contribution in [0, 0.1) is 12.8 Å². The topological polar surface area (TPSA) is 71.5 Å². The van der Waals surface area contributed by atoms with Gasteiger partial charge in [-0.05, 0) is 52.7 Å². The van der Waals surface area contributed by atoms with Crippen LogP contribution < -0.4 is 5.32 Å². The molecule has 1 atom stereocenters. The molecule has 0 spiro atoms. The second-order valence-electron chi connectivity index (χ2n) is 6.94. The molecule has 126 valence electrons. The van der Waals surface area contributed by atoms with Crippen LogP contribution in [0.15, 0.2) is 18.3 Å². The van der Waals surface area contributed by atoms with Gasteiger partial charge in [-0.25, -0.2) is 4.79 Å². The van der Waals surface area contributed by atoms with Crippen molar-refractivity contribution in [3.05, 3.63) is 24.0 Å². The van der Waals surface area contributed by atoms with Gasteiger partial charge in [0, 0.05) is 30.7 Å². The molecule has 2 heterocycles. The molecule has 2 amide bonds. The van der Waals surface area contributed by atoms with Gasteiger partial charge < -0.3 is 15.0 Å². The Morgan fingerprint density at radius 2 is 2.13 bits per heavy atom. The van der Waals surface area contributed by atoms with Crippen molar-refractivity contribution in [3.63, 3.8) is 0 Å². The molecule has 1 unspecified atom stereocenters. The number of carbonyl (C=O) groups excluding carboxylic acids is 2. The van der Waals surface area contributed by atoms with E-state index in [4.69, 9.17) is 4.74 Å². The molecule has 0 saturated carbocycles. The summed E-state index contributed by atoms with van der Waals surface area (Å²) in [7, 11) is 0. The lowest BCUT2D eigenvalue weighted by molar-refractivity contribution is -0.121. The number of hydrogen-bond acceptors (Lipinski definition) is 4. The molecule has 1 saturated heterocycles. The van der Waals surface area contributed by atoms with E-state index in [-0.39, 0.29) is 17.9 Å². The summed E-state index contributed by atoms with van der Waals surface area (Å²) in [5.41, 5.74) is 1.06. The minimum absolute atomic E-state index is 0.0659. The number of nitrogens with one attached hydrogen (secondary N) is 1. The van der Waals surface area contributed by atoms with Crippen LogP contribution in [0.2, 0.25) is 0 Å². The molecule has 2 rings (SSSR count). The third-order valence-corrected chi connectivity index (χ3v) is 3.61. The summed E-state index contributed by atoms with van der Waals surface area (Å²) in [4.78, 5) is 30.3. The summed E-state index contributed by atoms with van der Waals surface area (Å²) in [6, 6.07) is 3.59. The van der Waals surface area contributed by atoms with Crippen molar-refractivity contribution in [2.45, 2.75) is 46.1 Å². The average Bonchev–Trinajstić information content (AvgIpc) is 2.45. The molecule has 6 nitrogen and oxygen atoms in total. The van der Waals surface area contributed by atoms with Crippen LogP contribution in [-0.4, -0.2) is 40.6 Å². The van der Waals surface area contributed by atoms with E-state index in [1.807, 2.05) is 33.8 Å². The molecule has 1 aromatic heterocycles. The molecule has 1 N–H and O–H groups in total. The third-order valence-electron chi connectivity index (χ3n) is 3.61. The zero-order chi connectivity index (χ0) is 17.0. The molecule has 0 aromatic carbocycles. The van der Waals surface area contributed by atoms with Crippen LogP contribution in [0.1, 0.15) is 39.3 Å². The number of likely N-dealkylation sites (tertiary alicyclic amines) is 1. The van der Waals surface area contributed by atoms with Gasteiger partial charge in [0.15, 0.2) is 0 Å².